The van der Waals surface area contributed by atoms with Gasteiger partial charge in [0.15, 0.2) is 11.6 Å². The van der Waals surface area contributed by atoms with Gasteiger partial charge in [-0.2, -0.15) is 0 Å². The molecule has 0 aliphatic rings. The number of ether oxygens (including phenoxy) is 1. The van der Waals surface area contributed by atoms with Crippen molar-refractivity contribution in [3.63, 3.8) is 0 Å². The molecule has 0 aromatic heterocycles. The number of carbonyl (C=O) groups excluding carboxylic acids is 1. The average Bonchev–Trinajstić information content (AvgIpc) is 2.39. The summed E-state index contributed by atoms with van der Waals surface area (Å²) in [5.74, 6) is -1.07. The van der Waals surface area contributed by atoms with Crippen LogP contribution in [0.3, 0.4) is 0 Å². The number of halogens is 1. The van der Waals surface area contributed by atoms with Crippen molar-refractivity contribution in [3.8, 4) is 5.75 Å². The lowest BCUT2D eigenvalue weighted by Gasteiger charge is -2.08. The molecule has 1 rings (SSSR count). The summed E-state index contributed by atoms with van der Waals surface area (Å²) in [5.41, 5.74) is 0.472. The van der Waals surface area contributed by atoms with Crippen molar-refractivity contribution in [1.82, 2.24) is 10.6 Å². The summed E-state index contributed by atoms with van der Waals surface area (Å²) in [5, 5.41) is 15.1. The lowest BCUT2D eigenvalue weighted by Crippen LogP contribution is -2.29. The zero-order valence-electron chi connectivity index (χ0n) is 10.9. The number of phenolic OH excluding ortho intramolecular Hbond substituents is 1. The van der Waals surface area contributed by atoms with Gasteiger partial charge in [0, 0.05) is 38.7 Å². The van der Waals surface area contributed by atoms with Gasteiger partial charge >= 0.3 is 0 Å². The molecule has 6 heteroatoms. The highest BCUT2D eigenvalue weighted by molar-refractivity contribution is 5.76. The predicted molar refractivity (Wildman–Crippen MR) is 69.3 cm³/mol. The molecule has 0 unspecified atom stereocenters. The molecule has 0 heterocycles. The molecule has 0 spiro atoms. The van der Waals surface area contributed by atoms with Crippen LogP contribution in [0.15, 0.2) is 18.2 Å². The lowest BCUT2D eigenvalue weighted by atomic mass is 10.2. The second kappa shape index (κ2) is 8.44. The van der Waals surface area contributed by atoms with E-state index < -0.39 is 5.82 Å². The third-order valence-electron chi connectivity index (χ3n) is 2.54. The van der Waals surface area contributed by atoms with Gasteiger partial charge in [0.2, 0.25) is 5.91 Å². The summed E-state index contributed by atoms with van der Waals surface area (Å²) in [4.78, 5) is 11.3. The Hall–Kier alpha value is -1.66. The highest BCUT2D eigenvalue weighted by atomic mass is 19.1. The highest BCUT2D eigenvalue weighted by Crippen LogP contribution is 2.20. The monoisotopic (exact) mass is 270 g/mol. The molecule has 5 nitrogen and oxygen atoms in total. The first kappa shape index (κ1) is 15.4. The normalized spacial score (nSPS) is 10.4. The van der Waals surface area contributed by atoms with Gasteiger partial charge in [-0.25, -0.2) is 4.39 Å². The molecule has 0 radical (unpaired) electrons. The largest absolute Gasteiger partial charge is 0.505 e. The van der Waals surface area contributed by atoms with E-state index in [4.69, 9.17) is 4.74 Å². The summed E-state index contributed by atoms with van der Waals surface area (Å²) in [6.45, 7) is 1.74. The summed E-state index contributed by atoms with van der Waals surface area (Å²) in [7, 11) is 1.57. The van der Waals surface area contributed by atoms with Crippen molar-refractivity contribution in [2.45, 2.75) is 13.0 Å². The molecule has 106 valence electrons. The third-order valence-corrected chi connectivity index (χ3v) is 2.54. The van der Waals surface area contributed by atoms with Gasteiger partial charge in [-0.3, -0.25) is 4.79 Å². The fraction of sp³-hybridized carbons (Fsp3) is 0.462. The topological polar surface area (TPSA) is 70.6 Å². The molecule has 1 aromatic carbocycles. The Kier molecular flexibility index (Phi) is 6.84. The van der Waals surface area contributed by atoms with Gasteiger partial charge < -0.3 is 20.5 Å². The Morgan fingerprint density at radius 2 is 2.21 bits per heavy atom. The van der Waals surface area contributed by atoms with Gasteiger partial charge in [-0.1, -0.05) is 12.1 Å². The number of methoxy groups -OCH3 is 1. The smallest absolute Gasteiger partial charge is 0.221 e. The van der Waals surface area contributed by atoms with E-state index >= 15 is 0 Å². The summed E-state index contributed by atoms with van der Waals surface area (Å²) >= 11 is 0. The van der Waals surface area contributed by atoms with Crippen molar-refractivity contribution < 1.29 is 19.0 Å². The number of rotatable bonds is 8. The van der Waals surface area contributed by atoms with Gasteiger partial charge in [-0.05, 0) is 6.07 Å². The fourth-order valence-corrected chi connectivity index (χ4v) is 1.51. The standard InChI is InChI=1S/C13H19FN2O3/c1-19-8-7-16-12(17)5-6-15-9-10-3-2-4-11(14)13(10)18/h2-4,15,18H,5-9H2,1H3,(H,16,17). The molecule has 3 N–H and O–H groups in total. The van der Waals surface area contributed by atoms with Gasteiger partial charge in [-0.15, -0.1) is 0 Å². The van der Waals surface area contributed by atoms with Crippen molar-refractivity contribution in [2.75, 3.05) is 26.8 Å². The fourth-order valence-electron chi connectivity index (χ4n) is 1.51. The molecular formula is C13H19FN2O3. The Labute approximate surface area is 111 Å². The predicted octanol–water partition coefficient (Wildman–Crippen LogP) is 0.774. The van der Waals surface area contributed by atoms with Crippen LogP contribution in [0, 0.1) is 5.82 Å². The van der Waals surface area contributed by atoms with Crippen LogP contribution in [0.25, 0.3) is 0 Å². The number of hydrogen-bond donors (Lipinski definition) is 3. The van der Waals surface area contributed by atoms with E-state index in [0.29, 0.717) is 38.2 Å². The number of amides is 1. The second-order valence-electron chi connectivity index (χ2n) is 4.02. The minimum Gasteiger partial charge on any atom is -0.505 e. The van der Waals surface area contributed by atoms with E-state index in [-0.39, 0.29) is 11.7 Å². The molecule has 1 amide bonds. The molecule has 0 saturated carbocycles. The van der Waals surface area contributed by atoms with E-state index in [0.717, 1.165) is 0 Å². The zero-order chi connectivity index (χ0) is 14.1. The number of carbonyl (C=O) groups is 1. The maximum Gasteiger partial charge on any atom is 0.221 e. The van der Waals surface area contributed by atoms with E-state index in [2.05, 4.69) is 10.6 Å². The van der Waals surface area contributed by atoms with Gasteiger partial charge in [0.1, 0.15) is 0 Å². The number of hydrogen-bond acceptors (Lipinski definition) is 4. The number of aromatic hydroxyl groups is 1. The molecule has 0 aliphatic heterocycles. The molecule has 0 bridgehead atoms. The highest BCUT2D eigenvalue weighted by Gasteiger charge is 2.06. The molecule has 19 heavy (non-hydrogen) atoms. The van der Waals surface area contributed by atoms with Crippen LogP contribution in [0.4, 0.5) is 4.39 Å². The van der Waals surface area contributed by atoms with E-state index in [1.54, 1.807) is 13.2 Å². The van der Waals surface area contributed by atoms with Crippen LogP contribution in [0.2, 0.25) is 0 Å². The van der Waals surface area contributed by atoms with Crippen molar-refractivity contribution >= 4 is 5.91 Å². The van der Waals surface area contributed by atoms with Crippen LogP contribution in [0.5, 0.6) is 5.75 Å². The minimum atomic E-state index is -0.642. The number of nitrogens with one attached hydrogen (secondary N) is 2. The van der Waals surface area contributed by atoms with Gasteiger partial charge in [0.05, 0.1) is 6.61 Å². The molecule has 0 atom stereocenters. The molecule has 0 fully saturated rings. The first-order valence-corrected chi connectivity index (χ1v) is 6.08. The van der Waals surface area contributed by atoms with Crippen LogP contribution >= 0.6 is 0 Å². The number of phenols is 1. The van der Waals surface area contributed by atoms with Crippen LogP contribution in [-0.4, -0.2) is 37.8 Å². The molecule has 0 saturated heterocycles. The number of benzene rings is 1. The Morgan fingerprint density at radius 1 is 1.42 bits per heavy atom. The van der Waals surface area contributed by atoms with Crippen LogP contribution in [0.1, 0.15) is 12.0 Å². The Morgan fingerprint density at radius 3 is 2.95 bits per heavy atom. The van der Waals surface area contributed by atoms with E-state index in [1.807, 2.05) is 0 Å². The zero-order valence-corrected chi connectivity index (χ0v) is 10.9. The average molecular weight is 270 g/mol. The summed E-state index contributed by atoms with van der Waals surface area (Å²) < 4.78 is 17.8. The van der Waals surface area contributed by atoms with Crippen LogP contribution in [-0.2, 0) is 16.1 Å². The van der Waals surface area contributed by atoms with Gasteiger partial charge in [0.25, 0.3) is 0 Å². The third kappa shape index (κ3) is 5.67. The summed E-state index contributed by atoms with van der Waals surface area (Å²) in [6, 6.07) is 4.36. The maximum absolute atomic E-state index is 13.0. The van der Waals surface area contributed by atoms with Crippen LogP contribution < -0.4 is 10.6 Å². The Bertz CT molecular complexity index is 413. The lowest BCUT2D eigenvalue weighted by molar-refractivity contribution is -0.121. The van der Waals surface area contributed by atoms with Crippen molar-refractivity contribution in [3.05, 3.63) is 29.6 Å². The number of para-hydroxylation sites is 1. The SMILES string of the molecule is COCCNC(=O)CCNCc1cccc(F)c1O. The van der Waals surface area contributed by atoms with Crippen molar-refractivity contribution in [2.24, 2.45) is 0 Å². The molecule has 1 aromatic rings. The molecule has 0 aliphatic carbocycles. The first-order chi connectivity index (χ1) is 9.15. The Balaban J connectivity index is 2.20. The quantitative estimate of drug-likeness (QED) is 0.610. The van der Waals surface area contributed by atoms with E-state index in [1.165, 1.54) is 12.1 Å². The maximum atomic E-state index is 13.0. The minimum absolute atomic E-state index is 0.0759. The van der Waals surface area contributed by atoms with Crippen molar-refractivity contribution in [1.29, 1.82) is 0 Å². The first-order valence-electron chi connectivity index (χ1n) is 6.08. The molecular weight excluding hydrogens is 251 g/mol. The summed E-state index contributed by atoms with van der Waals surface area (Å²) in [6.07, 6.45) is 0.319. The van der Waals surface area contributed by atoms with E-state index in [9.17, 15) is 14.3 Å². The second-order valence-corrected chi connectivity index (χ2v) is 4.02.